The van der Waals surface area contributed by atoms with Gasteiger partial charge in [-0.05, 0) is 69.0 Å². The Morgan fingerprint density at radius 1 is 1.18 bits per heavy atom. The van der Waals surface area contributed by atoms with E-state index < -0.39 is 17.3 Å². The summed E-state index contributed by atoms with van der Waals surface area (Å²) in [5.74, 6) is -0.513. The largest absolute Gasteiger partial charge is 0.444 e. The summed E-state index contributed by atoms with van der Waals surface area (Å²) in [7, 11) is 0. The number of imidazole rings is 1. The van der Waals surface area contributed by atoms with Gasteiger partial charge in [0, 0.05) is 41.0 Å². The number of pyridine rings is 2. The number of aromatic nitrogens is 4. The van der Waals surface area contributed by atoms with E-state index in [1.54, 1.807) is 49.3 Å². The number of carbonyl (C=O) groups is 1. The van der Waals surface area contributed by atoms with Crippen LogP contribution in [0.25, 0.3) is 33.8 Å². The van der Waals surface area contributed by atoms with Gasteiger partial charge < -0.3 is 18.8 Å². The first-order valence-electron chi connectivity index (χ1n) is 13.0. The van der Waals surface area contributed by atoms with Crippen LogP contribution in [0.5, 0.6) is 0 Å². The maximum Gasteiger partial charge on any atom is 0.280 e. The van der Waals surface area contributed by atoms with Gasteiger partial charge in [-0.15, -0.1) is 0 Å². The van der Waals surface area contributed by atoms with Crippen molar-refractivity contribution in [1.29, 1.82) is 0 Å². The number of nitrogens with zero attached hydrogens (tertiary/aromatic N) is 5. The lowest BCUT2D eigenvalue weighted by Crippen LogP contribution is -2.32. The van der Waals surface area contributed by atoms with Gasteiger partial charge >= 0.3 is 0 Å². The van der Waals surface area contributed by atoms with Gasteiger partial charge in [0.05, 0.1) is 23.5 Å². The zero-order valence-electron chi connectivity index (χ0n) is 22.5. The lowest BCUT2D eigenvalue weighted by atomic mass is 9.96. The molecule has 1 aliphatic rings. The fourth-order valence-corrected chi connectivity index (χ4v) is 5.00. The number of oxazole rings is 1. The molecule has 1 N–H and O–H groups in total. The molecule has 0 aliphatic carbocycles. The molecule has 4 aromatic heterocycles. The summed E-state index contributed by atoms with van der Waals surface area (Å²) in [5, 5.41) is 10.2. The highest BCUT2D eigenvalue weighted by atomic mass is 19.1. The summed E-state index contributed by atoms with van der Waals surface area (Å²) >= 11 is 0. The average molecular weight is 538 g/mol. The number of benzene rings is 1. The number of hydrogen-bond donors (Lipinski definition) is 1. The lowest BCUT2D eigenvalue weighted by Gasteiger charge is -2.22. The fraction of sp³-hybridized carbons (Fsp3) is 0.226. The SMILES string of the molecule is C=C1CN(C(=O)c2coc(-c3ccnc(C)c3)n2)c2cn3cc(CCC(C)(C)O)nc3cc2-c2c(F)cccc21. The number of hydrogen-bond acceptors (Lipinski definition) is 6. The maximum absolute atomic E-state index is 15.4. The van der Waals surface area contributed by atoms with E-state index in [1.165, 1.54) is 12.3 Å². The van der Waals surface area contributed by atoms with Crippen molar-refractivity contribution in [3.05, 3.63) is 96.3 Å². The van der Waals surface area contributed by atoms with Gasteiger partial charge in [0.25, 0.3) is 5.91 Å². The average Bonchev–Trinajstić information content (AvgIpc) is 3.53. The third-order valence-corrected chi connectivity index (χ3v) is 7.03. The molecule has 1 aliphatic heterocycles. The van der Waals surface area contributed by atoms with Crippen molar-refractivity contribution in [3.8, 4) is 22.6 Å². The molecule has 0 unspecified atom stereocenters. The fourth-order valence-electron chi connectivity index (χ4n) is 5.00. The van der Waals surface area contributed by atoms with E-state index in [0.29, 0.717) is 57.9 Å². The second kappa shape index (κ2) is 9.53. The monoisotopic (exact) mass is 537 g/mol. The van der Waals surface area contributed by atoms with Crippen molar-refractivity contribution in [3.63, 3.8) is 0 Å². The zero-order valence-corrected chi connectivity index (χ0v) is 22.5. The molecule has 6 rings (SSSR count). The van der Waals surface area contributed by atoms with Crippen LogP contribution in [0.3, 0.4) is 0 Å². The Bertz CT molecular complexity index is 1800. The molecule has 5 aromatic rings. The highest BCUT2D eigenvalue weighted by molar-refractivity contribution is 6.10. The summed E-state index contributed by atoms with van der Waals surface area (Å²) < 4.78 is 22.9. The molecule has 8 nitrogen and oxygen atoms in total. The van der Waals surface area contributed by atoms with E-state index in [2.05, 4.69) is 16.5 Å². The molecule has 0 fully saturated rings. The molecule has 5 heterocycles. The summed E-state index contributed by atoms with van der Waals surface area (Å²) in [5.41, 5.74) is 4.80. The Hall–Kier alpha value is -4.63. The van der Waals surface area contributed by atoms with Gasteiger partial charge in [-0.1, -0.05) is 18.7 Å². The molecule has 40 heavy (non-hydrogen) atoms. The standard InChI is InChI=1S/C31H28FN5O3/c1-18-14-37(30(38)25-17-40-29(35-25)20-9-11-33-19(2)12-20)26-16-36-15-21(8-10-31(3,4)39)34-27(36)13-23(26)28-22(18)6-5-7-24(28)32/h5-7,9,11-13,15-17,39H,1,8,10,14H2,2-4H3. The van der Waals surface area contributed by atoms with E-state index in [4.69, 9.17) is 9.40 Å². The number of rotatable bonds is 5. The molecule has 9 heteroatoms. The third-order valence-electron chi connectivity index (χ3n) is 7.03. The van der Waals surface area contributed by atoms with Crippen LogP contribution in [0.15, 0.2) is 72.2 Å². The van der Waals surface area contributed by atoms with Gasteiger partial charge in [0.1, 0.15) is 17.7 Å². The predicted octanol–water partition coefficient (Wildman–Crippen LogP) is 5.88. The van der Waals surface area contributed by atoms with Gasteiger partial charge in [-0.3, -0.25) is 9.78 Å². The molecule has 0 saturated carbocycles. The van der Waals surface area contributed by atoms with Gasteiger partial charge in [-0.25, -0.2) is 14.4 Å². The van der Waals surface area contributed by atoms with Crippen LogP contribution >= 0.6 is 0 Å². The number of halogens is 1. The number of amides is 1. The first-order chi connectivity index (χ1) is 19.1. The van der Waals surface area contributed by atoms with Crippen LogP contribution in [0.2, 0.25) is 0 Å². The van der Waals surface area contributed by atoms with Crippen LogP contribution in [-0.2, 0) is 6.42 Å². The molecule has 0 radical (unpaired) electrons. The number of aryl methyl sites for hydroxylation is 2. The smallest absolute Gasteiger partial charge is 0.280 e. The first-order valence-corrected chi connectivity index (χ1v) is 13.0. The lowest BCUT2D eigenvalue weighted by molar-refractivity contribution is 0.0711. The number of fused-ring (bicyclic) bond motifs is 4. The Balaban J connectivity index is 1.47. The quantitative estimate of drug-likeness (QED) is 0.301. The minimum absolute atomic E-state index is 0.117. The summed E-state index contributed by atoms with van der Waals surface area (Å²) in [4.78, 5) is 28.9. The Morgan fingerprint density at radius 2 is 2.00 bits per heavy atom. The zero-order chi connectivity index (χ0) is 28.2. The van der Waals surface area contributed by atoms with Crippen molar-refractivity contribution in [1.82, 2.24) is 19.4 Å². The van der Waals surface area contributed by atoms with E-state index in [0.717, 1.165) is 11.4 Å². The molecule has 0 saturated heterocycles. The normalized spacial score (nSPS) is 13.3. The Morgan fingerprint density at radius 3 is 2.77 bits per heavy atom. The number of anilines is 1. The van der Waals surface area contributed by atoms with Crippen molar-refractivity contribution in [2.45, 2.75) is 39.2 Å². The van der Waals surface area contributed by atoms with Crippen LogP contribution in [0.4, 0.5) is 10.1 Å². The maximum atomic E-state index is 15.4. The highest BCUT2D eigenvalue weighted by Crippen LogP contribution is 2.42. The van der Waals surface area contributed by atoms with E-state index >= 15 is 4.39 Å². The topological polar surface area (TPSA) is 96.8 Å². The minimum atomic E-state index is -0.829. The Kier molecular flexibility index (Phi) is 6.11. The summed E-state index contributed by atoms with van der Waals surface area (Å²) in [6.45, 7) is 9.69. The molecular weight excluding hydrogens is 509 g/mol. The molecule has 0 atom stereocenters. The first kappa shape index (κ1) is 25.6. The van der Waals surface area contributed by atoms with Crippen molar-refractivity contribution >= 4 is 22.8 Å². The van der Waals surface area contributed by atoms with Crippen LogP contribution in [-0.4, -0.2) is 42.5 Å². The second-order valence-electron chi connectivity index (χ2n) is 10.8. The van der Waals surface area contributed by atoms with Crippen molar-refractivity contribution < 1.29 is 18.7 Å². The molecule has 0 spiro atoms. The molecule has 0 bridgehead atoms. The molecular formula is C31H28FN5O3. The van der Waals surface area contributed by atoms with E-state index in [1.807, 2.05) is 29.7 Å². The predicted molar refractivity (Wildman–Crippen MR) is 150 cm³/mol. The molecule has 1 aromatic carbocycles. The summed E-state index contributed by atoms with van der Waals surface area (Å²) in [6, 6.07) is 10.2. The van der Waals surface area contributed by atoms with Crippen LogP contribution in [0, 0.1) is 12.7 Å². The van der Waals surface area contributed by atoms with Gasteiger partial charge in [0.15, 0.2) is 5.69 Å². The van der Waals surface area contributed by atoms with E-state index in [9.17, 15) is 9.90 Å². The van der Waals surface area contributed by atoms with Crippen molar-refractivity contribution in [2.24, 2.45) is 0 Å². The summed E-state index contributed by atoms with van der Waals surface area (Å²) in [6.07, 6.45) is 7.74. The number of aliphatic hydroxyl groups is 1. The number of carbonyl (C=O) groups excluding carboxylic acids is 1. The van der Waals surface area contributed by atoms with E-state index in [-0.39, 0.29) is 12.2 Å². The van der Waals surface area contributed by atoms with Gasteiger partial charge in [0.2, 0.25) is 5.89 Å². The van der Waals surface area contributed by atoms with Crippen LogP contribution < -0.4 is 4.90 Å². The van der Waals surface area contributed by atoms with Crippen LogP contribution in [0.1, 0.15) is 47.7 Å². The van der Waals surface area contributed by atoms with Crippen molar-refractivity contribution in [2.75, 3.05) is 11.4 Å². The highest BCUT2D eigenvalue weighted by Gasteiger charge is 2.31. The molecule has 1 amide bonds. The van der Waals surface area contributed by atoms with Gasteiger partial charge in [-0.2, -0.15) is 0 Å². The second-order valence-corrected chi connectivity index (χ2v) is 10.8. The third kappa shape index (κ3) is 4.69. The minimum Gasteiger partial charge on any atom is -0.444 e. The molecule has 202 valence electrons. The Labute approximate surface area is 230 Å².